The molecule has 0 bridgehead atoms. The summed E-state index contributed by atoms with van der Waals surface area (Å²) >= 11 is 0. The van der Waals surface area contributed by atoms with Crippen molar-refractivity contribution in [1.82, 2.24) is 0 Å². The molecule has 0 heterocycles. The molecule has 0 aliphatic carbocycles. The van der Waals surface area contributed by atoms with Gasteiger partial charge >= 0.3 is 0 Å². The van der Waals surface area contributed by atoms with Gasteiger partial charge in [-0.05, 0) is 31.2 Å². The molecule has 0 fully saturated rings. The lowest BCUT2D eigenvalue weighted by atomic mass is 10.1. The summed E-state index contributed by atoms with van der Waals surface area (Å²) in [5.74, 6) is 0.105. The summed E-state index contributed by atoms with van der Waals surface area (Å²) < 4.78 is 5.14. The maximum Gasteiger partial charge on any atom is 0.225 e. The molecule has 1 aromatic carbocycles. The Morgan fingerprint density at radius 1 is 1.29 bits per heavy atom. The zero-order valence-electron chi connectivity index (χ0n) is 7.77. The maximum absolute atomic E-state index is 10.9. The molecule has 0 saturated heterocycles. The second kappa shape index (κ2) is 4.97. The molecule has 1 aromatic rings. The predicted molar refractivity (Wildman–Crippen MR) is 52.3 cm³/mol. The first-order valence-corrected chi connectivity index (χ1v) is 4.15. The van der Waals surface area contributed by atoms with Crippen molar-refractivity contribution in [2.24, 2.45) is 0 Å². The summed E-state index contributed by atoms with van der Waals surface area (Å²) in [6, 6.07) is 6.37. The molecular formula is C11H10O3. The van der Waals surface area contributed by atoms with Gasteiger partial charge in [-0.2, -0.15) is 0 Å². The van der Waals surface area contributed by atoms with E-state index in [0.29, 0.717) is 17.6 Å². The molecule has 0 spiro atoms. The average molecular weight is 190 g/mol. The number of aldehydes is 1. The van der Waals surface area contributed by atoms with Crippen molar-refractivity contribution in [3.8, 4) is 5.75 Å². The number of hydrogen-bond donors (Lipinski definition) is 0. The first-order chi connectivity index (χ1) is 6.77. The van der Waals surface area contributed by atoms with Gasteiger partial charge in [0.2, 0.25) is 5.78 Å². The van der Waals surface area contributed by atoms with E-state index in [1.54, 1.807) is 30.3 Å². The van der Waals surface area contributed by atoms with Crippen LogP contribution in [0.25, 0.3) is 0 Å². The van der Waals surface area contributed by atoms with Gasteiger partial charge in [0.15, 0.2) is 6.29 Å². The van der Waals surface area contributed by atoms with Crippen LogP contribution in [-0.2, 0) is 4.79 Å². The van der Waals surface area contributed by atoms with Crippen molar-refractivity contribution in [3.63, 3.8) is 0 Å². The van der Waals surface area contributed by atoms with Gasteiger partial charge in [0.05, 0.1) is 6.26 Å². The Bertz CT molecular complexity index is 349. The number of rotatable bonds is 4. The van der Waals surface area contributed by atoms with Crippen LogP contribution in [-0.4, -0.2) is 12.1 Å². The van der Waals surface area contributed by atoms with E-state index in [1.807, 2.05) is 6.92 Å². The molecule has 0 atom stereocenters. The van der Waals surface area contributed by atoms with Crippen molar-refractivity contribution in [3.05, 3.63) is 42.2 Å². The number of ketones is 1. The maximum atomic E-state index is 10.9. The number of Topliss-reactive ketones (excluding diaryl/α,β-unsaturated/α-hetero) is 1. The van der Waals surface area contributed by atoms with Gasteiger partial charge in [0, 0.05) is 5.56 Å². The quantitative estimate of drug-likeness (QED) is 0.315. The third kappa shape index (κ3) is 2.55. The Hall–Kier alpha value is -1.90. The molecule has 0 aliphatic heterocycles. The highest BCUT2D eigenvalue weighted by molar-refractivity contribution is 6.33. The van der Waals surface area contributed by atoms with Crippen LogP contribution in [0.5, 0.6) is 5.75 Å². The van der Waals surface area contributed by atoms with Gasteiger partial charge in [-0.15, -0.1) is 0 Å². The zero-order valence-corrected chi connectivity index (χ0v) is 7.77. The van der Waals surface area contributed by atoms with Crippen LogP contribution < -0.4 is 4.74 Å². The van der Waals surface area contributed by atoms with Crippen LogP contribution in [0.4, 0.5) is 0 Å². The monoisotopic (exact) mass is 190 g/mol. The van der Waals surface area contributed by atoms with E-state index in [1.165, 1.54) is 6.26 Å². The molecule has 0 saturated carbocycles. The number of carbonyl (C=O) groups excluding carboxylic acids is 2. The lowest BCUT2D eigenvalue weighted by Crippen LogP contribution is -1.98. The molecule has 0 aliphatic rings. The second-order valence-corrected chi connectivity index (χ2v) is 2.59. The highest BCUT2D eigenvalue weighted by Crippen LogP contribution is 2.12. The van der Waals surface area contributed by atoms with Gasteiger partial charge in [-0.3, -0.25) is 9.59 Å². The van der Waals surface area contributed by atoms with Crippen molar-refractivity contribution < 1.29 is 14.3 Å². The molecule has 0 aromatic heterocycles. The van der Waals surface area contributed by atoms with E-state index < -0.39 is 5.78 Å². The Kier molecular flexibility index (Phi) is 3.61. The Balaban J connectivity index is 2.78. The predicted octanol–water partition coefficient (Wildman–Crippen LogP) is 1.98. The minimum absolute atomic E-state index is 0.293. The van der Waals surface area contributed by atoms with Crippen LogP contribution >= 0.6 is 0 Å². The second-order valence-electron chi connectivity index (χ2n) is 2.59. The topological polar surface area (TPSA) is 43.4 Å². The summed E-state index contributed by atoms with van der Waals surface area (Å²) in [5.41, 5.74) is 0.368. The van der Waals surface area contributed by atoms with Crippen LogP contribution in [0.3, 0.4) is 0 Å². The van der Waals surface area contributed by atoms with Crippen molar-refractivity contribution >= 4 is 12.1 Å². The third-order valence-corrected chi connectivity index (χ3v) is 1.59. The number of benzene rings is 1. The lowest BCUT2D eigenvalue weighted by molar-refractivity contribution is -0.104. The van der Waals surface area contributed by atoms with Crippen molar-refractivity contribution in [2.75, 3.05) is 0 Å². The van der Waals surface area contributed by atoms with Gasteiger partial charge in [-0.25, -0.2) is 0 Å². The molecule has 3 heteroatoms. The normalized spacial score (nSPS) is 10.1. The third-order valence-electron chi connectivity index (χ3n) is 1.59. The summed E-state index contributed by atoms with van der Waals surface area (Å²) in [5, 5.41) is 0. The molecule has 3 nitrogen and oxygen atoms in total. The highest BCUT2D eigenvalue weighted by atomic mass is 16.5. The average Bonchev–Trinajstić information content (AvgIpc) is 2.26. The van der Waals surface area contributed by atoms with E-state index in [-0.39, 0.29) is 0 Å². The van der Waals surface area contributed by atoms with E-state index in [2.05, 4.69) is 0 Å². The molecule has 72 valence electrons. The molecule has 0 unspecified atom stereocenters. The highest BCUT2D eigenvalue weighted by Gasteiger charge is 2.02. The van der Waals surface area contributed by atoms with Crippen molar-refractivity contribution in [2.45, 2.75) is 6.92 Å². The smallest absolute Gasteiger partial charge is 0.225 e. The van der Waals surface area contributed by atoms with Gasteiger partial charge in [0.1, 0.15) is 5.75 Å². The molecule has 14 heavy (non-hydrogen) atoms. The van der Waals surface area contributed by atoms with Gasteiger partial charge in [-0.1, -0.05) is 6.08 Å². The van der Waals surface area contributed by atoms with E-state index in [9.17, 15) is 9.59 Å². The first-order valence-electron chi connectivity index (χ1n) is 4.15. The SMILES string of the molecule is C/C=C\Oc1ccc(C(=O)C=O)cc1. The fourth-order valence-corrected chi connectivity index (χ4v) is 0.912. The van der Waals surface area contributed by atoms with E-state index in [4.69, 9.17) is 4.74 Å². The van der Waals surface area contributed by atoms with Gasteiger partial charge < -0.3 is 4.74 Å². The fourth-order valence-electron chi connectivity index (χ4n) is 0.912. The zero-order chi connectivity index (χ0) is 10.4. The van der Waals surface area contributed by atoms with Crippen LogP contribution in [0, 0.1) is 0 Å². The fraction of sp³-hybridized carbons (Fsp3) is 0.0909. The van der Waals surface area contributed by atoms with E-state index >= 15 is 0 Å². The lowest BCUT2D eigenvalue weighted by Gasteiger charge is -1.99. The molecule has 0 amide bonds. The van der Waals surface area contributed by atoms with Gasteiger partial charge in [0.25, 0.3) is 0 Å². The molecule has 0 radical (unpaired) electrons. The number of carbonyl (C=O) groups is 2. The van der Waals surface area contributed by atoms with E-state index in [0.717, 1.165) is 0 Å². The first kappa shape index (κ1) is 10.2. The molecule has 1 rings (SSSR count). The number of allylic oxidation sites excluding steroid dienone is 1. The van der Waals surface area contributed by atoms with Crippen molar-refractivity contribution in [1.29, 1.82) is 0 Å². The van der Waals surface area contributed by atoms with Crippen LogP contribution in [0.15, 0.2) is 36.6 Å². The standard InChI is InChI=1S/C11H10O3/c1-2-7-14-10-5-3-9(4-6-10)11(13)8-12/h2-8H,1H3/b7-2-. The summed E-state index contributed by atoms with van der Waals surface area (Å²) in [4.78, 5) is 21.1. The number of ether oxygens (including phenoxy) is 1. The summed E-state index contributed by atoms with van der Waals surface area (Å²) in [7, 11) is 0. The Morgan fingerprint density at radius 3 is 2.43 bits per heavy atom. The summed E-state index contributed by atoms with van der Waals surface area (Å²) in [6.07, 6.45) is 3.59. The Labute approximate surface area is 82.0 Å². The minimum Gasteiger partial charge on any atom is -0.465 e. The summed E-state index contributed by atoms with van der Waals surface area (Å²) in [6.45, 7) is 1.84. The minimum atomic E-state index is -0.525. The molecule has 0 N–H and O–H groups in total. The molecular weight excluding hydrogens is 180 g/mol. The van der Waals surface area contributed by atoms with Crippen LogP contribution in [0.2, 0.25) is 0 Å². The number of hydrogen-bond acceptors (Lipinski definition) is 3. The Morgan fingerprint density at radius 2 is 1.93 bits per heavy atom. The van der Waals surface area contributed by atoms with Crippen LogP contribution in [0.1, 0.15) is 17.3 Å². The largest absolute Gasteiger partial charge is 0.465 e.